The quantitative estimate of drug-likeness (QED) is 0.688. The number of anilines is 1. The monoisotopic (exact) mass is 356 g/mol. The number of hydrogen-bond acceptors (Lipinski definition) is 4. The molecule has 5 heteroatoms. The van der Waals surface area contributed by atoms with Gasteiger partial charge in [-0.15, -0.1) is 5.53 Å². The van der Waals surface area contributed by atoms with Crippen LogP contribution in [-0.2, 0) is 0 Å². The van der Waals surface area contributed by atoms with Crippen LogP contribution < -0.4 is 21.3 Å². The summed E-state index contributed by atoms with van der Waals surface area (Å²) in [6.45, 7) is 7.59. The fourth-order valence-corrected chi connectivity index (χ4v) is 3.85. The topological polar surface area (TPSA) is 56.4 Å². The fourth-order valence-electron chi connectivity index (χ4n) is 3.85. The lowest BCUT2D eigenvalue weighted by Gasteiger charge is -2.27. The van der Waals surface area contributed by atoms with Gasteiger partial charge in [0.15, 0.2) is 0 Å². The predicted molar refractivity (Wildman–Crippen MR) is 106 cm³/mol. The Morgan fingerprint density at radius 3 is 2.73 bits per heavy atom. The van der Waals surface area contributed by atoms with E-state index in [-0.39, 0.29) is 5.91 Å². The number of amides is 1. The van der Waals surface area contributed by atoms with Crippen LogP contribution in [0.5, 0.6) is 0 Å². The first-order valence-corrected chi connectivity index (χ1v) is 9.89. The van der Waals surface area contributed by atoms with Crippen molar-refractivity contribution in [2.24, 2.45) is 11.3 Å². The molecule has 1 heterocycles. The molecular weight excluding hydrogens is 324 g/mol. The maximum absolute atomic E-state index is 12.5. The van der Waals surface area contributed by atoms with Gasteiger partial charge < -0.3 is 10.7 Å². The maximum atomic E-state index is 12.5. The molecule has 1 aromatic rings. The molecule has 26 heavy (non-hydrogen) atoms. The Morgan fingerprint density at radius 1 is 1.31 bits per heavy atom. The first-order chi connectivity index (χ1) is 12.5. The van der Waals surface area contributed by atoms with Crippen LogP contribution in [0.2, 0.25) is 0 Å². The molecule has 1 atom stereocenters. The van der Waals surface area contributed by atoms with E-state index in [0.29, 0.717) is 16.9 Å². The molecule has 0 spiro atoms. The molecular formula is C21H32N4O. The largest absolute Gasteiger partial charge is 0.352 e. The zero-order chi connectivity index (χ0) is 18.6. The molecule has 0 aromatic heterocycles. The zero-order valence-corrected chi connectivity index (χ0v) is 16.3. The van der Waals surface area contributed by atoms with E-state index >= 15 is 0 Å². The molecule has 3 N–H and O–H groups in total. The molecule has 1 amide bonds. The number of benzene rings is 1. The molecule has 2 aliphatic rings. The van der Waals surface area contributed by atoms with E-state index in [1.165, 1.54) is 37.8 Å². The van der Waals surface area contributed by atoms with Crippen LogP contribution in [0.1, 0.15) is 69.7 Å². The molecule has 1 aliphatic carbocycles. The van der Waals surface area contributed by atoms with Gasteiger partial charge >= 0.3 is 0 Å². The molecule has 1 fully saturated rings. The first-order valence-electron chi connectivity index (χ1n) is 9.89. The highest BCUT2D eigenvalue weighted by Crippen LogP contribution is 2.42. The second-order valence-electron chi connectivity index (χ2n) is 8.20. The van der Waals surface area contributed by atoms with Gasteiger partial charge in [0, 0.05) is 24.0 Å². The van der Waals surface area contributed by atoms with Crippen molar-refractivity contribution >= 4 is 11.6 Å². The van der Waals surface area contributed by atoms with Gasteiger partial charge in [-0.3, -0.25) is 9.80 Å². The van der Waals surface area contributed by atoms with Crippen LogP contribution in [0.4, 0.5) is 5.69 Å². The van der Waals surface area contributed by atoms with E-state index < -0.39 is 0 Å². The van der Waals surface area contributed by atoms with E-state index in [1.54, 1.807) is 0 Å². The van der Waals surface area contributed by atoms with Crippen LogP contribution >= 0.6 is 0 Å². The Kier molecular flexibility index (Phi) is 5.87. The second-order valence-corrected chi connectivity index (χ2v) is 8.20. The van der Waals surface area contributed by atoms with E-state index in [0.717, 1.165) is 18.7 Å². The SMILES string of the molecule is CCCCC1=CN(c2ccc(C(=O)NCC3CCCC3(C)C)cc2)NN1. The number of nitrogens with zero attached hydrogens (tertiary/aromatic N) is 1. The number of hydrogen-bond donors (Lipinski definition) is 3. The third-order valence-corrected chi connectivity index (χ3v) is 5.82. The van der Waals surface area contributed by atoms with Gasteiger partial charge in [-0.1, -0.05) is 33.6 Å². The normalized spacial score (nSPS) is 21.4. The first kappa shape index (κ1) is 18.8. The lowest BCUT2D eigenvalue weighted by atomic mass is 9.82. The smallest absolute Gasteiger partial charge is 0.251 e. The fraction of sp³-hybridized carbons (Fsp3) is 0.571. The van der Waals surface area contributed by atoms with Gasteiger partial charge in [0.1, 0.15) is 0 Å². The van der Waals surface area contributed by atoms with Crippen molar-refractivity contribution in [2.45, 2.75) is 59.3 Å². The summed E-state index contributed by atoms with van der Waals surface area (Å²) in [5.41, 5.74) is 9.59. The molecule has 3 rings (SSSR count). The summed E-state index contributed by atoms with van der Waals surface area (Å²) in [5.74, 6) is 0.600. The maximum Gasteiger partial charge on any atom is 0.251 e. The van der Waals surface area contributed by atoms with Crippen molar-refractivity contribution < 1.29 is 4.79 Å². The second kappa shape index (κ2) is 8.12. The number of rotatable bonds is 7. The summed E-state index contributed by atoms with van der Waals surface area (Å²) in [5, 5.41) is 5.08. The number of allylic oxidation sites excluding steroid dienone is 1. The summed E-state index contributed by atoms with van der Waals surface area (Å²) in [6.07, 6.45) is 9.21. The van der Waals surface area contributed by atoms with Crippen LogP contribution in [0.15, 0.2) is 36.2 Å². The third kappa shape index (κ3) is 4.39. The molecule has 1 unspecified atom stereocenters. The minimum absolute atomic E-state index is 0.0194. The molecule has 1 aliphatic heterocycles. The van der Waals surface area contributed by atoms with Crippen LogP contribution in [0, 0.1) is 11.3 Å². The molecule has 0 saturated heterocycles. The molecule has 0 radical (unpaired) electrons. The number of carbonyl (C=O) groups excluding carboxylic acids is 1. The number of unbranched alkanes of at least 4 members (excludes halogenated alkanes) is 1. The minimum Gasteiger partial charge on any atom is -0.352 e. The number of nitrogens with one attached hydrogen (secondary N) is 3. The minimum atomic E-state index is 0.0194. The van der Waals surface area contributed by atoms with Gasteiger partial charge in [-0.05, 0) is 61.3 Å². The average Bonchev–Trinajstić information content (AvgIpc) is 3.24. The Morgan fingerprint density at radius 2 is 2.08 bits per heavy atom. The van der Waals surface area contributed by atoms with Crippen molar-refractivity contribution in [2.75, 3.05) is 11.6 Å². The van der Waals surface area contributed by atoms with Crippen molar-refractivity contribution in [1.29, 1.82) is 0 Å². The standard InChI is InChI=1S/C21H32N4O/c1-4-5-8-18-15-25(24-23-18)19-11-9-16(10-12-19)20(26)22-14-17-7-6-13-21(17,2)3/h9-12,15,17,23-24H,4-8,13-14H2,1-3H3,(H,22,26). The Balaban J connectivity index is 1.54. The van der Waals surface area contributed by atoms with E-state index in [4.69, 9.17) is 0 Å². The van der Waals surface area contributed by atoms with Crippen molar-refractivity contribution in [3.05, 3.63) is 41.7 Å². The van der Waals surface area contributed by atoms with Gasteiger partial charge in [-0.25, -0.2) is 0 Å². The van der Waals surface area contributed by atoms with Gasteiger partial charge in [0.05, 0.1) is 5.69 Å². The summed E-state index contributed by atoms with van der Waals surface area (Å²) in [6, 6.07) is 7.73. The predicted octanol–water partition coefficient (Wildman–Crippen LogP) is 4.10. The van der Waals surface area contributed by atoms with Crippen molar-refractivity contribution in [1.82, 2.24) is 16.3 Å². The number of carbonyl (C=O) groups is 1. The highest BCUT2D eigenvalue weighted by molar-refractivity contribution is 5.94. The van der Waals surface area contributed by atoms with Crippen LogP contribution in [0.25, 0.3) is 0 Å². The van der Waals surface area contributed by atoms with E-state index in [1.807, 2.05) is 29.3 Å². The Hall–Kier alpha value is -2.01. The third-order valence-electron chi connectivity index (χ3n) is 5.82. The highest BCUT2D eigenvalue weighted by Gasteiger charge is 2.34. The average molecular weight is 357 g/mol. The molecule has 1 aromatic carbocycles. The Bertz CT molecular complexity index is 650. The van der Waals surface area contributed by atoms with Crippen LogP contribution in [0.3, 0.4) is 0 Å². The molecule has 5 nitrogen and oxygen atoms in total. The van der Waals surface area contributed by atoms with Crippen molar-refractivity contribution in [3.63, 3.8) is 0 Å². The lowest BCUT2D eigenvalue weighted by molar-refractivity contribution is 0.0937. The van der Waals surface area contributed by atoms with Gasteiger partial charge in [0.25, 0.3) is 5.91 Å². The summed E-state index contributed by atoms with van der Waals surface area (Å²) < 4.78 is 0. The van der Waals surface area contributed by atoms with Gasteiger partial charge in [0.2, 0.25) is 0 Å². The highest BCUT2D eigenvalue weighted by atomic mass is 16.1. The molecule has 0 bridgehead atoms. The molecule has 1 saturated carbocycles. The molecule has 142 valence electrons. The van der Waals surface area contributed by atoms with Crippen LogP contribution in [-0.4, -0.2) is 12.5 Å². The summed E-state index contributed by atoms with van der Waals surface area (Å²) in [7, 11) is 0. The van der Waals surface area contributed by atoms with E-state index in [2.05, 4.69) is 43.2 Å². The van der Waals surface area contributed by atoms with Gasteiger partial charge in [-0.2, -0.15) is 0 Å². The Labute approximate surface area is 157 Å². The summed E-state index contributed by atoms with van der Waals surface area (Å²) in [4.78, 5) is 12.5. The lowest BCUT2D eigenvalue weighted by Crippen LogP contribution is -2.36. The number of hydrazine groups is 2. The zero-order valence-electron chi connectivity index (χ0n) is 16.3. The van der Waals surface area contributed by atoms with Crippen molar-refractivity contribution in [3.8, 4) is 0 Å². The van der Waals surface area contributed by atoms with E-state index in [9.17, 15) is 4.79 Å². The summed E-state index contributed by atoms with van der Waals surface area (Å²) >= 11 is 0.